The minimum absolute atomic E-state index is 0.000332. The average Bonchev–Trinajstić information content (AvgIpc) is 2.27. The molecule has 1 aromatic rings. The van der Waals surface area contributed by atoms with Crippen molar-refractivity contribution in [2.24, 2.45) is 5.14 Å². The third-order valence-corrected chi connectivity index (χ3v) is 3.53. The highest BCUT2D eigenvalue weighted by Gasteiger charge is 2.17. The van der Waals surface area contributed by atoms with Crippen LogP contribution in [0.15, 0.2) is 29.2 Å². The van der Waals surface area contributed by atoms with Crippen LogP contribution >= 0.6 is 0 Å². The lowest BCUT2D eigenvalue weighted by Crippen LogP contribution is -2.34. The van der Waals surface area contributed by atoms with E-state index in [0.29, 0.717) is 0 Å². The second-order valence-corrected chi connectivity index (χ2v) is 5.69. The number of nitrogens with two attached hydrogens (primary N) is 1. The van der Waals surface area contributed by atoms with Crippen molar-refractivity contribution in [3.05, 3.63) is 29.8 Å². The molecule has 7 heteroatoms. The van der Waals surface area contributed by atoms with Gasteiger partial charge in [0.1, 0.15) is 0 Å². The Morgan fingerprint density at radius 1 is 1.17 bits per heavy atom. The molecule has 1 aromatic carbocycles. The molecule has 4 nitrogen and oxygen atoms in total. The van der Waals surface area contributed by atoms with Gasteiger partial charge in [0.15, 0.2) is 0 Å². The summed E-state index contributed by atoms with van der Waals surface area (Å²) in [6.07, 6.45) is -2.45. The number of benzene rings is 1. The molecule has 0 radical (unpaired) electrons. The second-order valence-electron chi connectivity index (χ2n) is 4.13. The van der Waals surface area contributed by atoms with Crippen molar-refractivity contribution in [2.75, 3.05) is 0 Å². The van der Waals surface area contributed by atoms with Gasteiger partial charge in [-0.2, -0.15) is 0 Å². The van der Waals surface area contributed by atoms with E-state index in [0.717, 1.165) is 5.56 Å². The van der Waals surface area contributed by atoms with Crippen LogP contribution in [-0.4, -0.2) is 20.9 Å². The van der Waals surface area contributed by atoms with E-state index in [2.05, 4.69) is 5.32 Å². The van der Waals surface area contributed by atoms with Crippen LogP contribution in [0.1, 0.15) is 25.5 Å². The van der Waals surface area contributed by atoms with E-state index >= 15 is 0 Å². The van der Waals surface area contributed by atoms with Crippen molar-refractivity contribution in [3.63, 3.8) is 0 Å². The summed E-state index contributed by atoms with van der Waals surface area (Å²) in [7, 11) is -3.72. The Kier molecular flexibility index (Phi) is 4.78. The van der Waals surface area contributed by atoms with Crippen LogP contribution in [0.4, 0.5) is 8.78 Å². The Balaban J connectivity index is 2.80. The number of hydrogen-bond acceptors (Lipinski definition) is 3. The van der Waals surface area contributed by atoms with Crippen LogP contribution in [0.25, 0.3) is 0 Å². The summed E-state index contributed by atoms with van der Waals surface area (Å²) in [5.41, 5.74) is 0.718. The minimum Gasteiger partial charge on any atom is -0.302 e. The van der Waals surface area contributed by atoms with Crippen LogP contribution in [-0.2, 0) is 10.0 Å². The predicted octanol–water partition coefficient (Wildman–Crippen LogP) is 1.64. The molecule has 0 aromatic heterocycles. The maximum absolute atomic E-state index is 12.4. The van der Waals surface area contributed by atoms with E-state index < -0.39 is 22.5 Å². The third-order valence-electron chi connectivity index (χ3n) is 2.60. The summed E-state index contributed by atoms with van der Waals surface area (Å²) in [5.74, 6) is 0. The lowest BCUT2D eigenvalue weighted by molar-refractivity contribution is 0.101. The molecule has 18 heavy (non-hydrogen) atoms. The number of rotatable bonds is 5. The Bertz CT molecular complexity index is 488. The largest absolute Gasteiger partial charge is 0.302 e. The highest BCUT2D eigenvalue weighted by Crippen LogP contribution is 2.17. The van der Waals surface area contributed by atoms with E-state index in [-0.39, 0.29) is 10.9 Å². The van der Waals surface area contributed by atoms with Gasteiger partial charge in [-0.1, -0.05) is 12.1 Å². The van der Waals surface area contributed by atoms with Gasteiger partial charge in [-0.25, -0.2) is 22.3 Å². The van der Waals surface area contributed by atoms with Crippen LogP contribution in [0.2, 0.25) is 0 Å². The number of alkyl halides is 2. The SMILES string of the molecule is CC(NC(C)C(F)F)c1ccc(S(N)(=O)=O)cc1. The fraction of sp³-hybridized carbons (Fsp3) is 0.455. The molecule has 0 saturated carbocycles. The Labute approximate surface area is 105 Å². The van der Waals surface area contributed by atoms with E-state index in [1.165, 1.54) is 19.1 Å². The molecule has 2 unspecified atom stereocenters. The minimum atomic E-state index is -3.72. The Hall–Kier alpha value is -1.05. The zero-order chi connectivity index (χ0) is 13.9. The number of primary sulfonamides is 1. The normalized spacial score (nSPS) is 15.7. The first-order chi connectivity index (χ1) is 8.21. The molecular weight excluding hydrogens is 262 g/mol. The first-order valence-electron chi connectivity index (χ1n) is 5.39. The average molecular weight is 278 g/mol. The molecule has 2 atom stereocenters. The van der Waals surface area contributed by atoms with Crippen molar-refractivity contribution in [1.29, 1.82) is 0 Å². The molecule has 0 aliphatic carbocycles. The quantitative estimate of drug-likeness (QED) is 0.860. The molecule has 0 bridgehead atoms. The van der Waals surface area contributed by atoms with E-state index in [9.17, 15) is 17.2 Å². The van der Waals surface area contributed by atoms with Gasteiger partial charge in [0.2, 0.25) is 10.0 Å². The maximum atomic E-state index is 12.4. The van der Waals surface area contributed by atoms with Gasteiger partial charge in [-0.05, 0) is 31.5 Å². The fourth-order valence-corrected chi connectivity index (χ4v) is 2.02. The molecule has 0 amide bonds. The molecular formula is C11H16F2N2O2S. The highest BCUT2D eigenvalue weighted by atomic mass is 32.2. The van der Waals surface area contributed by atoms with Gasteiger partial charge in [0, 0.05) is 6.04 Å². The van der Waals surface area contributed by atoms with Gasteiger partial charge in [-0.15, -0.1) is 0 Å². The molecule has 3 N–H and O–H groups in total. The lowest BCUT2D eigenvalue weighted by Gasteiger charge is -2.19. The van der Waals surface area contributed by atoms with Crippen molar-refractivity contribution < 1.29 is 17.2 Å². The number of sulfonamides is 1. The molecule has 0 aliphatic rings. The van der Waals surface area contributed by atoms with E-state index in [1.807, 2.05) is 0 Å². The first kappa shape index (κ1) is 15.0. The van der Waals surface area contributed by atoms with Crippen LogP contribution < -0.4 is 10.5 Å². The molecule has 0 spiro atoms. The van der Waals surface area contributed by atoms with E-state index in [1.54, 1.807) is 19.1 Å². The summed E-state index contributed by atoms with van der Waals surface area (Å²) in [6.45, 7) is 3.12. The molecule has 0 heterocycles. The standard InChI is InChI=1S/C11H16F2N2O2S/c1-7(15-8(2)11(12)13)9-3-5-10(6-4-9)18(14,16)17/h3-8,11,15H,1-2H3,(H2,14,16,17). The van der Waals surface area contributed by atoms with Crippen LogP contribution in [0.5, 0.6) is 0 Å². The van der Waals surface area contributed by atoms with Gasteiger partial charge >= 0.3 is 0 Å². The summed E-state index contributed by atoms with van der Waals surface area (Å²) in [6, 6.07) is 4.58. The van der Waals surface area contributed by atoms with E-state index in [4.69, 9.17) is 5.14 Å². The molecule has 102 valence electrons. The Morgan fingerprint density at radius 3 is 2.06 bits per heavy atom. The second kappa shape index (κ2) is 5.73. The van der Waals surface area contributed by atoms with Crippen molar-refractivity contribution in [3.8, 4) is 0 Å². The monoisotopic (exact) mass is 278 g/mol. The van der Waals surface area contributed by atoms with Crippen molar-refractivity contribution >= 4 is 10.0 Å². The van der Waals surface area contributed by atoms with Crippen LogP contribution in [0, 0.1) is 0 Å². The number of hydrogen-bond donors (Lipinski definition) is 2. The topological polar surface area (TPSA) is 72.2 Å². The zero-order valence-corrected chi connectivity index (χ0v) is 10.9. The zero-order valence-electron chi connectivity index (χ0n) is 10.1. The maximum Gasteiger partial charge on any atom is 0.253 e. The third kappa shape index (κ3) is 4.01. The lowest BCUT2D eigenvalue weighted by atomic mass is 10.1. The molecule has 0 fully saturated rings. The summed E-state index contributed by atoms with van der Waals surface area (Å²) >= 11 is 0. The van der Waals surface area contributed by atoms with Gasteiger partial charge in [0.25, 0.3) is 6.43 Å². The summed E-state index contributed by atoms with van der Waals surface area (Å²) in [5, 5.41) is 7.68. The fourth-order valence-electron chi connectivity index (χ4n) is 1.51. The predicted molar refractivity (Wildman–Crippen MR) is 64.8 cm³/mol. The highest BCUT2D eigenvalue weighted by molar-refractivity contribution is 7.89. The van der Waals surface area contributed by atoms with Crippen molar-refractivity contribution in [2.45, 2.75) is 37.3 Å². The van der Waals surface area contributed by atoms with Crippen LogP contribution in [0.3, 0.4) is 0 Å². The Morgan fingerprint density at radius 2 is 1.67 bits per heavy atom. The molecule has 0 saturated heterocycles. The smallest absolute Gasteiger partial charge is 0.253 e. The summed E-state index contributed by atoms with van der Waals surface area (Å²) < 4.78 is 46.8. The molecule has 1 rings (SSSR count). The molecule has 0 aliphatic heterocycles. The van der Waals surface area contributed by atoms with Crippen molar-refractivity contribution in [1.82, 2.24) is 5.32 Å². The van der Waals surface area contributed by atoms with Gasteiger partial charge in [-0.3, -0.25) is 0 Å². The summed E-state index contributed by atoms with van der Waals surface area (Å²) in [4.78, 5) is 0.000332. The van der Waals surface area contributed by atoms with Gasteiger partial charge in [0.05, 0.1) is 10.9 Å². The number of nitrogens with one attached hydrogen (secondary N) is 1. The van der Waals surface area contributed by atoms with Gasteiger partial charge < -0.3 is 5.32 Å². The number of halogens is 2. The first-order valence-corrected chi connectivity index (χ1v) is 6.93.